The Morgan fingerprint density at radius 2 is 2.20 bits per heavy atom. The van der Waals surface area contributed by atoms with Crippen molar-refractivity contribution in [2.45, 2.75) is 24.5 Å². The molecule has 2 aliphatic rings. The fourth-order valence-electron chi connectivity index (χ4n) is 2.67. The topological polar surface area (TPSA) is 186 Å². The summed E-state index contributed by atoms with van der Waals surface area (Å²) in [4.78, 5) is 21.5. The summed E-state index contributed by atoms with van der Waals surface area (Å²) >= 11 is 3.26. The van der Waals surface area contributed by atoms with Gasteiger partial charge in [-0.3, -0.25) is 13.6 Å². The average Bonchev–Trinajstić information content (AvgIpc) is 2.97. The predicted octanol–water partition coefficient (Wildman–Crippen LogP) is -3.76. The molecule has 0 aliphatic carbocycles. The van der Waals surface area contributed by atoms with Gasteiger partial charge in [0.05, 0.1) is 6.61 Å². The second kappa shape index (κ2) is 7.44. The second-order valence-corrected chi connectivity index (χ2v) is 7.19. The summed E-state index contributed by atoms with van der Waals surface area (Å²) < 4.78 is 28.6. The van der Waals surface area contributed by atoms with Crippen LogP contribution in [-0.4, -0.2) is 59.9 Å². The number of aromatic nitrogens is 4. The molecule has 2 fully saturated rings. The van der Waals surface area contributed by atoms with Gasteiger partial charge in [-0.25, -0.2) is 19.5 Å². The number of phosphoric ester groups is 1. The minimum Gasteiger partial charge on any atom is -1.00 e. The molecule has 0 aromatic carbocycles. The molecular weight excluding hydrogens is 436 g/mol. The number of anilines is 1. The van der Waals surface area contributed by atoms with Gasteiger partial charge in [0.15, 0.2) is 27.9 Å². The van der Waals surface area contributed by atoms with E-state index >= 15 is 0 Å². The Balaban J connectivity index is 0.00000113. The molecule has 0 bridgehead atoms. The van der Waals surface area contributed by atoms with Gasteiger partial charge >= 0.3 is 37.4 Å². The summed E-state index contributed by atoms with van der Waals surface area (Å²) in [5.41, 5.74) is 6.45. The Labute approximate surface area is 172 Å². The van der Waals surface area contributed by atoms with Crippen LogP contribution in [0, 0.1) is 0 Å². The first-order valence-corrected chi connectivity index (χ1v) is 8.79. The largest absolute Gasteiger partial charge is 1.00 e. The van der Waals surface area contributed by atoms with E-state index in [9.17, 15) is 14.6 Å². The summed E-state index contributed by atoms with van der Waals surface area (Å²) in [6.07, 6.45) is -2.62. The molecule has 25 heavy (non-hydrogen) atoms. The van der Waals surface area contributed by atoms with Crippen LogP contribution in [0.25, 0.3) is 11.2 Å². The van der Waals surface area contributed by atoms with Crippen LogP contribution >= 0.6 is 23.8 Å². The number of aliphatic hydroxyl groups is 1. The van der Waals surface area contributed by atoms with Crippen LogP contribution < -0.4 is 35.3 Å². The maximum atomic E-state index is 11.5. The van der Waals surface area contributed by atoms with Crippen molar-refractivity contribution in [1.82, 2.24) is 19.5 Å². The van der Waals surface area contributed by atoms with Crippen LogP contribution in [-0.2, 0) is 18.3 Å². The van der Waals surface area contributed by atoms with Crippen LogP contribution in [0.2, 0.25) is 0 Å². The summed E-state index contributed by atoms with van der Waals surface area (Å²) in [5, 5.41) is 10.5. The molecule has 0 saturated carbocycles. The minimum atomic E-state index is -4.19. The van der Waals surface area contributed by atoms with E-state index in [4.69, 9.17) is 19.5 Å². The zero-order valence-corrected chi connectivity index (χ0v) is 17.3. The van der Waals surface area contributed by atoms with Crippen molar-refractivity contribution < 1.29 is 64.8 Å². The molecule has 15 heteroatoms. The molecular formula is C10H14BrN5NaO7P. The van der Waals surface area contributed by atoms with Crippen molar-refractivity contribution in [3.05, 3.63) is 11.1 Å². The molecule has 2 saturated heterocycles. The molecule has 2 aromatic rings. The molecule has 2 aromatic heterocycles. The fourth-order valence-corrected chi connectivity index (χ4v) is 4.19. The maximum Gasteiger partial charge on any atom is 1.00 e. The van der Waals surface area contributed by atoms with Crippen molar-refractivity contribution in [3.8, 4) is 0 Å². The predicted molar refractivity (Wildman–Crippen MR) is 82.7 cm³/mol. The maximum absolute atomic E-state index is 11.5. The van der Waals surface area contributed by atoms with E-state index in [1.54, 1.807) is 0 Å². The molecule has 4 heterocycles. The first-order chi connectivity index (χ1) is 10.9. The van der Waals surface area contributed by atoms with Crippen LogP contribution in [0.1, 0.15) is 7.65 Å². The zero-order chi connectivity index (χ0) is 16.4. The Kier molecular flexibility index (Phi) is 6.29. The van der Waals surface area contributed by atoms with Gasteiger partial charge in [0.25, 0.3) is 0 Å². The standard InChI is InChI=1S/C10H11BrN5O6P.Na.H2O.H/c11-10-15-4-7(12)13-2-14-8(4)16(10)9-5(17)6-3(21-9)1-20-23(18,19)22-6;;;/h2-3,5-6,9,17H,1H2,(H,18,19)(H2,12,13,14);;1H2;/q;+1;;-1/t3?,5-,6-,9-;;;/m0.../s1. The smallest absolute Gasteiger partial charge is 1.00 e. The summed E-state index contributed by atoms with van der Waals surface area (Å²) in [6.45, 7) is -0.173. The van der Waals surface area contributed by atoms with Crippen LogP contribution in [0.15, 0.2) is 11.1 Å². The Bertz CT molecular complexity index is 845. The van der Waals surface area contributed by atoms with E-state index in [1.807, 2.05) is 0 Å². The first kappa shape index (κ1) is 21.1. The second-order valence-electron chi connectivity index (χ2n) is 5.07. The number of nitrogen functional groups attached to an aromatic ring is 1. The summed E-state index contributed by atoms with van der Waals surface area (Å²) in [7, 11) is -4.19. The van der Waals surface area contributed by atoms with Crippen molar-refractivity contribution in [1.29, 1.82) is 0 Å². The van der Waals surface area contributed by atoms with E-state index in [0.717, 1.165) is 0 Å². The third-order valence-electron chi connectivity index (χ3n) is 3.68. The number of hydrogen-bond donors (Lipinski definition) is 3. The van der Waals surface area contributed by atoms with Gasteiger partial charge in [-0.2, -0.15) is 0 Å². The number of halogens is 1. The average molecular weight is 450 g/mol. The summed E-state index contributed by atoms with van der Waals surface area (Å²) in [5.74, 6) is 0.179. The van der Waals surface area contributed by atoms with E-state index in [-0.39, 0.29) is 48.9 Å². The molecule has 0 amide bonds. The molecule has 6 N–H and O–H groups in total. The van der Waals surface area contributed by atoms with Gasteiger partial charge in [-0.05, 0) is 15.9 Å². The quantitative estimate of drug-likeness (QED) is 0.221. The van der Waals surface area contributed by atoms with E-state index in [1.165, 1.54) is 10.9 Å². The number of phosphoric acid groups is 1. The van der Waals surface area contributed by atoms with Crippen LogP contribution in [0.3, 0.4) is 0 Å². The Hall–Kier alpha value is -0.180. The minimum absolute atomic E-state index is 0. The van der Waals surface area contributed by atoms with Gasteiger partial charge in [0.2, 0.25) is 0 Å². The van der Waals surface area contributed by atoms with Gasteiger partial charge in [-0.15, -0.1) is 0 Å². The molecule has 2 aliphatic heterocycles. The van der Waals surface area contributed by atoms with Gasteiger partial charge in [0.1, 0.15) is 24.6 Å². The third kappa shape index (κ3) is 3.51. The molecule has 2 unspecified atom stereocenters. The normalized spacial score (nSPS) is 34.2. The van der Waals surface area contributed by atoms with Crippen molar-refractivity contribution in [2.24, 2.45) is 0 Å². The van der Waals surface area contributed by atoms with Gasteiger partial charge in [0, 0.05) is 0 Å². The fraction of sp³-hybridized carbons (Fsp3) is 0.500. The van der Waals surface area contributed by atoms with Crippen molar-refractivity contribution >= 4 is 40.7 Å². The van der Waals surface area contributed by atoms with Crippen molar-refractivity contribution in [2.75, 3.05) is 12.3 Å². The van der Waals surface area contributed by atoms with Crippen LogP contribution in [0.4, 0.5) is 5.82 Å². The molecule has 0 radical (unpaired) electrons. The van der Waals surface area contributed by atoms with Crippen molar-refractivity contribution in [3.63, 3.8) is 0 Å². The molecule has 5 atom stereocenters. The zero-order valence-electron chi connectivity index (χ0n) is 13.8. The monoisotopic (exact) mass is 449 g/mol. The Morgan fingerprint density at radius 3 is 2.92 bits per heavy atom. The van der Waals surface area contributed by atoms with E-state index in [2.05, 4.69) is 30.9 Å². The number of imidazole rings is 1. The first-order valence-electron chi connectivity index (χ1n) is 6.50. The Morgan fingerprint density at radius 1 is 1.48 bits per heavy atom. The van der Waals surface area contributed by atoms with Gasteiger partial charge < -0.3 is 27.4 Å². The molecule has 0 spiro atoms. The number of nitrogens with zero attached hydrogens (tertiary/aromatic N) is 4. The molecule has 4 rings (SSSR count). The molecule has 134 valence electrons. The summed E-state index contributed by atoms with van der Waals surface area (Å²) in [6, 6.07) is 0. The molecule has 12 nitrogen and oxygen atoms in total. The number of ether oxygens (including phenoxy) is 1. The van der Waals surface area contributed by atoms with Crippen LogP contribution in [0.5, 0.6) is 0 Å². The number of fused-ring (bicyclic) bond motifs is 2. The SMILES string of the molecule is Nc1ncnc2c1nc(Br)n2[C@H]1OC2COP(=O)(O)O[C@@H]2[C@@H]1O.O.[H-].[Na+]. The number of hydrogen-bond acceptors (Lipinski definition) is 9. The van der Waals surface area contributed by atoms with Gasteiger partial charge in [-0.1, -0.05) is 0 Å². The van der Waals surface area contributed by atoms with E-state index in [0.29, 0.717) is 15.9 Å². The van der Waals surface area contributed by atoms with E-state index < -0.39 is 32.4 Å². The number of nitrogens with two attached hydrogens (primary N) is 1. The number of rotatable bonds is 1. The third-order valence-corrected chi connectivity index (χ3v) is 5.23. The number of aliphatic hydroxyl groups excluding tert-OH is 1.